The number of fused-ring (bicyclic) bond motifs is 7. The molecule has 1 aromatic heterocycles. The van der Waals surface area contributed by atoms with E-state index < -0.39 is 5.60 Å². The molecule has 0 saturated heterocycles. The number of hydrogen-bond acceptors (Lipinski definition) is 4. The molecular formula is C27H37N3O2. The van der Waals surface area contributed by atoms with Crippen molar-refractivity contribution in [1.82, 2.24) is 9.78 Å². The zero-order valence-corrected chi connectivity index (χ0v) is 19.8. The molecule has 5 aliphatic rings. The second-order valence-corrected chi connectivity index (χ2v) is 12.6. The predicted molar refractivity (Wildman–Crippen MR) is 120 cm³/mol. The molecule has 32 heavy (non-hydrogen) atoms. The van der Waals surface area contributed by atoms with Crippen molar-refractivity contribution in [2.45, 2.75) is 84.3 Å². The second-order valence-electron chi connectivity index (χ2n) is 12.6. The van der Waals surface area contributed by atoms with E-state index in [0.717, 1.165) is 42.1 Å². The van der Waals surface area contributed by atoms with Crippen molar-refractivity contribution in [1.29, 1.82) is 5.26 Å². The molecule has 0 unspecified atom stereocenters. The van der Waals surface area contributed by atoms with Crippen molar-refractivity contribution < 1.29 is 9.90 Å². The molecule has 172 valence electrons. The Morgan fingerprint density at radius 3 is 2.69 bits per heavy atom. The third kappa shape index (κ3) is 2.98. The highest BCUT2D eigenvalue weighted by Gasteiger charge is 2.70. The van der Waals surface area contributed by atoms with Crippen LogP contribution >= 0.6 is 0 Å². The van der Waals surface area contributed by atoms with E-state index in [1.807, 2.05) is 20.0 Å². The average Bonchev–Trinajstić information content (AvgIpc) is 3.32. The molecular weight excluding hydrogens is 398 g/mol. The van der Waals surface area contributed by atoms with Gasteiger partial charge in [0.25, 0.3) is 0 Å². The van der Waals surface area contributed by atoms with Gasteiger partial charge in [-0.05, 0) is 112 Å². The number of rotatable bonds is 3. The Bertz CT molecular complexity index is 990. The Hall–Kier alpha value is -1.67. The maximum atomic E-state index is 13.6. The molecule has 1 heterocycles. The van der Waals surface area contributed by atoms with Crippen LogP contribution in [0.1, 0.15) is 76.5 Å². The topological polar surface area (TPSA) is 78.9 Å². The maximum Gasteiger partial charge on any atom is 0.165 e. The molecule has 5 heteroatoms. The lowest BCUT2D eigenvalue weighted by molar-refractivity contribution is -0.136. The van der Waals surface area contributed by atoms with E-state index in [9.17, 15) is 15.2 Å². The van der Waals surface area contributed by atoms with Gasteiger partial charge in [0.05, 0.1) is 12.1 Å². The van der Waals surface area contributed by atoms with Gasteiger partial charge in [0, 0.05) is 17.7 Å². The first-order valence-corrected chi connectivity index (χ1v) is 12.9. The Morgan fingerprint density at radius 2 is 1.94 bits per heavy atom. The SMILES string of the molecule is Cc1cn(CC(=O)[C@H]2[C@H]3C[C@H]3[C@H]3[C@@H]4CC[C@@H]5C[C@](C)(O)CC[C@@H]5[C@H]4CC[C@@]32C)nc1C#N. The van der Waals surface area contributed by atoms with Crippen LogP contribution in [0.3, 0.4) is 0 Å². The van der Waals surface area contributed by atoms with Crippen molar-refractivity contribution in [2.75, 3.05) is 0 Å². The number of carbonyl (C=O) groups excluding carboxylic acids is 1. The van der Waals surface area contributed by atoms with Crippen LogP contribution in [0, 0.1) is 71.0 Å². The van der Waals surface area contributed by atoms with Crippen molar-refractivity contribution >= 4 is 5.78 Å². The minimum absolute atomic E-state index is 0.138. The van der Waals surface area contributed by atoms with E-state index in [-0.39, 0.29) is 11.3 Å². The zero-order chi connectivity index (χ0) is 22.4. The van der Waals surface area contributed by atoms with Crippen LogP contribution in [0.2, 0.25) is 0 Å². The molecule has 5 saturated carbocycles. The monoisotopic (exact) mass is 435 g/mol. The van der Waals surface area contributed by atoms with Gasteiger partial charge in [-0.3, -0.25) is 9.48 Å². The van der Waals surface area contributed by atoms with Gasteiger partial charge in [0.2, 0.25) is 0 Å². The highest BCUT2D eigenvalue weighted by Crippen LogP contribution is 2.74. The first-order chi connectivity index (χ1) is 15.2. The molecule has 1 aromatic rings. The summed E-state index contributed by atoms with van der Waals surface area (Å²) in [6, 6.07) is 2.13. The van der Waals surface area contributed by atoms with Crippen LogP contribution in [-0.4, -0.2) is 26.3 Å². The summed E-state index contributed by atoms with van der Waals surface area (Å²) in [5.74, 6) is 5.63. The Balaban J connectivity index is 1.22. The predicted octanol–water partition coefficient (Wildman–Crippen LogP) is 4.51. The van der Waals surface area contributed by atoms with Crippen molar-refractivity contribution in [3.63, 3.8) is 0 Å². The average molecular weight is 436 g/mol. The van der Waals surface area contributed by atoms with Crippen LogP contribution in [0.15, 0.2) is 6.20 Å². The number of Topliss-reactive ketones (excluding diaryl/α,β-unsaturated/α-hetero) is 1. The summed E-state index contributed by atoms with van der Waals surface area (Å²) in [4.78, 5) is 13.6. The lowest BCUT2D eigenvalue weighted by atomic mass is 9.48. The molecule has 0 spiro atoms. The van der Waals surface area contributed by atoms with Crippen LogP contribution in [-0.2, 0) is 11.3 Å². The molecule has 0 amide bonds. The Kier molecular flexibility index (Phi) is 4.52. The van der Waals surface area contributed by atoms with Crippen molar-refractivity contribution in [2.24, 2.45) is 52.8 Å². The molecule has 5 nitrogen and oxygen atoms in total. The van der Waals surface area contributed by atoms with E-state index >= 15 is 0 Å². The number of ketones is 1. The number of nitrogens with zero attached hydrogens (tertiary/aromatic N) is 3. The van der Waals surface area contributed by atoms with Gasteiger partial charge < -0.3 is 5.11 Å². The largest absolute Gasteiger partial charge is 0.390 e. The third-order valence-corrected chi connectivity index (χ3v) is 10.7. The van der Waals surface area contributed by atoms with Gasteiger partial charge in [0.1, 0.15) is 6.07 Å². The normalized spacial score (nSPS) is 48.7. The van der Waals surface area contributed by atoms with Gasteiger partial charge in [-0.2, -0.15) is 10.4 Å². The van der Waals surface area contributed by atoms with Crippen LogP contribution in [0.4, 0.5) is 0 Å². The Labute approximate surface area is 191 Å². The van der Waals surface area contributed by atoms with Crippen LogP contribution in [0.25, 0.3) is 0 Å². The number of hydrogen-bond donors (Lipinski definition) is 1. The summed E-state index contributed by atoms with van der Waals surface area (Å²) in [5.41, 5.74) is 0.962. The number of carbonyl (C=O) groups is 1. The van der Waals surface area contributed by atoms with Crippen LogP contribution in [0.5, 0.6) is 0 Å². The maximum absolute atomic E-state index is 13.6. The van der Waals surface area contributed by atoms with Gasteiger partial charge in [-0.15, -0.1) is 0 Å². The molecule has 6 rings (SSSR count). The fourth-order valence-corrected chi connectivity index (χ4v) is 9.62. The van der Waals surface area contributed by atoms with Crippen molar-refractivity contribution in [3.8, 4) is 6.07 Å². The fourth-order valence-electron chi connectivity index (χ4n) is 9.62. The van der Waals surface area contributed by atoms with E-state index in [4.69, 9.17) is 0 Å². The molecule has 10 atom stereocenters. The summed E-state index contributed by atoms with van der Waals surface area (Å²) in [5, 5.41) is 24.2. The lowest BCUT2D eigenvalue weighted by Gasteiger charge is -2.57. The minimum Gasteiger partial charge on any atom is -0.390 e. The first-order valence-electron chi connectivity index (χ1n) is 12.9. The molecule has 5 fully saturated rings. The second kappa shape index (κ2) is 6.92. The van der Waals surface area contributed by atoms with E-state index in [1.165, 1.54) is 38.5 Å². The molecule has 0 radical (unpaired) electrons. The summed E-state index contributed by atoms with van der Waals surface area (Å²) >= 11 is 0. The molecule has 5 aliphatic carbocycles. The first kappa shape index (κ1) is 20.9. The minimum atomic E-state index is -0.458. The van der Waals surface area contributed by atoms with Crippen LogP contribution < -0.4 is 0 Å². The highest BCUT2D eigenvalue weighted by molar-refractivity contribution is 5.83. The van der Waals surface area contributed by atoms with Gasteiger partial charge in [-0.1, -0.05) is 6.92 Å². The summed E-state index contributed by atoms with van der Waals surface area (Å²) < 4.78 is 1.70. The third-order valence-electron chi connectivity index (χ3n) is 10.7. The standard InChI is InChI=1S/C27H37N3O2/c1-15-13-30(29-22(15)12-28)14-23(31)25-21-10-20(21)24-19-5-4-16-11-26(2,32)8-6-17(16)18(19)7-9-27(24,25)3/h13,16-21,24-25,32H,4-11,14H2,1-3H3/t16-,17+,18-,19-,20-,21+,24-,25-,26-,27+/m1/s1. The quantitative estimate of drug-likeness (QED) is 0.758. The number of nitriles is 1. The summed E-state index contributed by atoms with van der Waals surface area (Å²) in [6.45, 7) is 6.68. The summed E-state index contributed by atoms with van der Waals surface area (Å²) in [7, 11) is 0. The Morgan fingerprint density at radius 1 is 1.16 bits per heavy atom. The smallest absolute Gasteiger partial charge is 0.165 e. The summed E-state index contributed by atoms with van der Waals surface area (Å²) in [6.07, 6.45) is 11.3. The van der Waals surface area contributed by atoms with Crippen molar-refractivity contribution in [3.05, 3.63) is 17.5 Å². The lowest BCUT2D eigenvalue weighted by Crippen LogP contribution is -2.52. The zero-order valence-electron chi connectivity index (χ0n) is 19.8. The highest BCUT2D eigenvalue weighted by atomic mass is 16.3. The fraction of sp³-hybridized carbons (Fsp3) is 0.815. The molecule has 1 N–H and O–H groups in total. The molecule has 0 aromatic carbocycles. The van der Waals surface area contributed by atoms with E-state index in [0.29, 0.717) is 35.8 Å². The molecule has 0 bridgehead atoms. The van der Waals surface area contributed by atoms with Gasteiger partial charge >= 0.3 is 0 Å². The van der Waals surface area contributed by atoms with Gasteiger partial charge in [-0.25, -0.2) is 0 Å². The number of aryl methyl sites for hydroxylation is 1. The van der Waals surface area contributed by atoms with E-state index in [2.05, 4.69) is 18.1 Å². The van der Waals surface area contributed by atoms with Gasteiger partial charge in [0.15, 0.2) is 11.5 Å². The molecule has 0 aliphatic heterocycles. The van der Waals surface area contributed by atoms with E-state index in [1.54, 1.807) is 4.68 Å². The number of aliphatic hydroxyl groups is 1. The number of aromatic nitrogens is 2.